The van der Waals surface area contributed by atoms with Crippen molar-refractivity contribution in [2.45, 2.75) is 44.7 Å². The number of rotatable bonds is 5. The van der Waals surface area contributed by atoms with E-state index in [1.807, 2.05) is 29.2 Å². The van der Waals surface area contributed by atoms with Gasteiger partial charge in [0.25, 0.3) is 0 Å². The Hall–Kier alpha value is -1.51. The molecular formula is C20H31IN4O2. The minimum Gasteiger partial charge on any atom is -0.497 e. The molecule has 2 N–H and O–H groups in total. The zero-order valence-corrected chi connectivity index (χ0v) is 18.6. The van der Waals surface area contributed by atoms with E-state index in [0.29, 0.717) is 12.5 Å². The quantitative estimate of drug-likeness (QED) is 0.382. The fraction of sp³-hybridized carbons (Fsp3) is 0.600. The van der Waals surface area contributed by atoms with Crippen LogP contribution in [-0.4, -0.2) is 50.1 Å². The molecular weight excluding hydrogens is 455 g/mol. The Morgan fingerprint density at radius 2 is 1.93 bits per heavy atom. The molecule has 0 spiro atoms. The number of nitrogens with one attached hydrogen (secondary N) is 2. The number of hydrogen-bond donors (Lipinski definition) is 2. The second kappa shape index (κ2) is 10.7. The Morgan fingerprint density at radius 1 is 1.22 bits per heavy atom. The van der Waals surface area contributed by atoms with Crippen molar-refractivity contribution in [1.29, 1.82) is 0 Å². The molecule has 1 aromatic carbocycles. The van der Waals surface area contributed by atoms with E-state index in [2.05, 4.69) is 15.6 Å². The Labute approximate surface area is 179 Å². The minimum absolute atomic E-state index is 0. The topological polar surface area (TPSA) is 66.0 Å². The van der Waals surface area contributed by atoms with E-state index >= 15 is 0 Å². The highest BCUT2D eigenvalue weighted by Crippen LogP contribution is 2.27. The predicted molar refractivity (Wildman–Crippen MR) is 119 cm³/mol. The minimum atomic E-state index is 0. The Morgan fingerprint density at radius 3 is 2.56 bits per heavy atom. The molecule has 27 heavy (non-hydrogen) atoms. The summed E-state index contributed by atoms with van der Waals surface area (Å²) < 4.78 is 5.18. The Balaban J connectivity index is 0.00000261. The van der Waals surface area contributed by atoms with Crippen LogP contribution < -0.4 is 15.4 Å². The molecule has 1 saturated heterocycles. The number of halogens is 1. The van der Waals surface area contributed by atoms with E-state index in [0.717, 1.165) is 44.1 Å². The molecule has 1 aromatic rings. The smallest absolute Gasteiger partial charge is 0.225 e. The first-order chi connectivity index (χ1) is 12.7. The van der Waals surface area contributed by atoms with Gasteiger partial charge in [-0.3, -0.25) is 9.79 Å². The number of methoxy groups -OCH3 is 1. The number of likely N-dealkylation sites (tertiary alicyclic amines) is 1. The lowest BCUT2D eigenvalue weighted by atomic mass is 10.1. The van der Waals surface area contributed by atoms with Crippen LogP contribution in [-0.2, 0) is 11.3 Å². The summed E-state index contributed by atoms with van der Waals surface area (Å²) in [6.07, 6.45) is 5.51. The molecule has 6 nitrogen and oxygen atoms in total. The van der Waals surface area contributed by atoms with Crippen molar-refractivity contribution >= 4 is 35.8 Å². The first kappa shape index (κ1) is 21.8. The van der Waals surface area contributed by atoms with Crippen molar-refractivity contribution in [2.75, 3.05) is 27.2 Å². The molecule has 2 fully saturated rings. The van der Waals surface area contributed by atoms with E-state index in [4.69, 9.17) is 4.74 Å². The summed E-state index contributed by atoms with van der Waals surface area (Å²) in [5.74, 6) is 2.25. The standard InChI is InChI=1S/C20H30N4O2.HI/c1-21-20(22-13-15-7-9-18(26-2)10-8-15)23-17-11-12-24(14-17)19(25)16-5-3-4-6-16;/h7-10,16-17H,3-6,11-14H2,1-2H3,(H2,21,22,23);1H. The van der Waals surface area contributed by atoms with Crippen LogP contribution in [0, 0.1) is 5.92 Å². The lowest BCUT2D eigenvalue weighted by molar-refractivity contribution is -0.134. The summed E-state index contributed by atoms with van der Waals surface area (Å²) in [6.45, 7) is 2.32. The third kappa shape index (κ3) is 5.99. The van der Waals surface area contributed by atoms with Gasteiger partial charge in [-0.2, -0.15) is 0 Å². The Kier molecular flexibility index (Phi) is 8.66. The van der Waals surface area contributed by atoms with Crippen LogP contribution in [0.3, 0.4) is 0 Å². The maximum atomic E-state index is 12.6. The fourth-order valence-electron chi connectivity index (χ4n) is 3.83. The largest absolute Gasteiger partial charge is 0.497 e. The van der Waals surface area contributed by atoms with Crippen LogP contribution in [0.25, 0.3) is 0 Å². The molecule has 150 valence electrons. The zero-order valence-electron chi connectivity index (χ0n) is 16.2. The molecule has 1 amide bonds. The van der Waals surface area contributed by atoms with Crippen molar-refractivity contribution in [3.05, 3.63) is 29.8 Å². The number of ether oxygens (including phenoxy) is 1. The van der Waals surface area contributed by atoms with E-state index < -0.39 is 0 Å². The molecule has 1 atom stereocenters. The summed E-state index contributed by atoms with van der Waals surface area (Å²) >= 11 is 0. The number of nitrogens with zero attached hydrogens (tertiary/aromatic N) is 2. The highest BCUT2D eigenvalue weighted by atomic mass is 127. The van der Waals surface area contributed by atoms with E-state index in [9.17, 15) is 4.79 Å². The molecule has 0 radical (unpaired) electrons. The maximum Gasteiger partial charge on any atom is 0.225 e. The van der Waals surface area contributed by atoms with Crippen molar-refractivity contribution in [3.8, 4) is 5.75 Å². The van der Waals surface area contributed by atoms with Crippen molar-refractivity contribution in [2.24, 2.45) is 10.9 Å². The summed E-state index contributed by atoms with van der Waals surface area (Å²) in [5.41, 5.74) is 1.17. The highest BCUT2D eigenvalue weighted by molar-refractivity contribution is 14.0. The molecule has 1 heterocycles. The van der Waals surface area contributed by atoms with Crippen LogP contribution in [0.2, 0.25) is 0 Å². The van der Waals surface area contributed by atoms with Gasteiger partial charge in [0.05, 0.1) is 7.11 Å². The van der Waals surface area contributed by atoms with Crippen LogP contribution in [0.4, 0.5) is 0 Å². The number of aliphatic imine (C=N–C) groups is 1. The van der Waals surface area contributed by atoms with Gasteiger partial charge in [-0.15, -0.1) is 24.0 Å². The second-order valence-corrected chi connectivity index (χ2v) is 7.17. The molecule has 1 unspecified atom stereocenters. The van der Waals surface area contributed by atoms with Gasteiger partial charge in [0, 0.05) is 38.6 Å². The highest BCUT2D eigenvalue weighted by Gasteiger charge is 2.32. The van der Waals surface area contributed by atoms with Crippen molar-refractivity contribution in [3.63, 3.8) is 0 Å². The first-order valence-corrected chi connectivity index (χ1v) is 9.58. The number of carbonyl (C=O) groups is 1. The van der Waals surface area contributed by atoms with Gasteiger partial charge < -0.3 is 20.3 Å². The Bertz CT molecular complexity index is 629. The number of amides is 1. The average molecular weight is 486 g/mol. The molecule has 1 aliphatic carbocycles. The predicted octanol–water partition coefficient (Wildman–Crippen LogP) is 2.77. The lowest BCUT2D eigenvalue weighted by Crippen LogP contribution is -2.45. The first-order valence-electron chi connectivity index (χ1n) is 9.58. The van der Waals surface area contributed by atoms with Crippen LogP contribution >= 0.6 is 24.0 Å². The summed E-state index contributed by atoms with van der Waals surface area (Å²) in [6, 6.07) is 8.25. The number of hydrogen-bond acceptors (Lipinski definition) is 3. The molecule has 1 aliphatic heterocycles. The zero-order chi connectivity index (χ0) is 18.4. The van der Waals surface area contributed by atoms with Crippen molar-refractivity contribution < 1.29 is 9.53 Å². The number of benzene rings is 1. The maximum absolute atomic E-state index is 12.6. The van der Waals surface area contributed by atoms with Crippen LogP contribution in [0.1, 0.15) is 37.7 Å². The molecule has 0 bridgehead atoms. The van der Waals surface area contributed by atoms with Gasteiger partial charge in [0.15, 0.2) is 5.96 Å². The monoisotopic (exact) mass is 486 g/mol. The summed E-state index contributed by atoms with van der Waals surface area (Å²) in [4.78, 5) is 18.9. The van der Waals surface area contributed by atoms with Crippen molar-refractivity contribution in [1.82, 2.24) is 15.5 Å². The number of carbonyl (C=O) groups excluding carboxylic acids is 1. The van der Waals surface area contributed by atoms with Gasteiger partial charge >= 0.3 is 0 Å². The molecule has 7 heteroatoms. The fourth-order valence-corrected chi connectivity index (χ4v) is 3.83. The van der Waals surface area contributed by atoms with E-state index in [1.54, 1.807) is 14.2 Å². The molecule has 3 rings (SSSR count). The average Bonchev–Trinajstić information content (AvgIpc) is 3.37. The van der Waals surface area contributed by atoms with Gasteiger partial charge in [-0.05, 0) is 37.0 Å². The summed E-state index contributed by atoms with van der Waals surface area (Å²) in [5, 5.41) is 6.80. The van der Waals surface area contributed by atoms with E-state index in [-0.39, 0.29) is 35.9 Å². The van der Waals surface area contributed by atoms with Gasteiger partial charge in [-0.25, -0.2) is 0 Å². The van der Waals surface area contributed by atoms with Gasteiger partial charge in [-0.1, -0.05) is 25.0 Å². The molecule has 1 saturated carbocycles. The SMILES string of the molecule is CN=C(NCc1ccc(OC)cc1)NC1CCN(C(=O)C2CCCC2)C1.I. The number of guanidine groups is 1. The lowest BCUT2D eigenvalue weighted by Gasteiger charge is -2.21. The van der Waals surface area contributed by atoms with Crippen LogP contribution in [0.15, 0.2) is 29.3 Å². The molecule has 2 aliphatic rings. The molecule has 0 aromatic heterocycles. The van der Waals surface area contributed by atoms with E-state index in [1.165, 1.54) is 18.4 Å². The third-order valence-electron chi connectivity index (χ3n) is 5.39. The second-order valence-electron chi connectivity index (χ2n) is 7.17. The van der Waals surface area contributed by atoms with Crippen LogP contribution in [0.5, 0.6) is 5.75 Å². The summed E-state index contributed by atoms with van der Waals surface area (Å²) in [7, 11) is 3.45. The van der Waals surface area contributed by atoms with Gasteiger partial charge in [0.2, 0.25) is 5.91 Å². The third-order valence-corrected chi connectivity index (χ3v) is 5.39. The normalized spacial score (nSPS) is 20.3. The van der Waals surface area contributed by atoms with Gasteiger partial charge in [0.1, 0.15) is 5.75 Å².